The maximum absolute atomic E-state index is 10.2. The second-order valence-corrected chi connectivity index (χ2v) is 9.55. The highest BCUT2D eigenvalue weighted by Gasteiger charge is 2.28. The lowest BCUT2D eigenvalue weighted by Gasteiger charge is -2.30. The van der Waals surface area contributed by atoms with Crippen LogP contribution in [-0.4, -0.2) is 36.4 Å². The van der Waals surface area contributed by atoms with Gasteiger partial charge in [-0.05, 0) is 75.3 Å². The summed E-state index contributed by atoms with van der Waals surface area (Å²) < 4.78 is 19.7. The number of benzene rings is 2. The molecule has 1 aliphatic heterocycles. The average molecular weight is 472 g/mol. The van der Waals surface area contributed by atoms with Crippen LogP contribution in [0.25, 0.3) is 22.2 Å². The van der Waals surface area contributed by atoms with Crippen LogP contribution in [-0.2, 0) is 9.47 Å². The summed E-state index contributed by atoms with van der Waals surface area (Å²) in [6, 6.07) is 17.0. The van der Waals surface area contributed by atoms with Gasteiger partial charge in [-0.3, -0.25) is 0 Å². The molecular formula is C29H33N3O3. The maximum Gasteiger partial charge on any atom is 0.174 e. The Kier molecular flexibility index (Phi) is 7.06. The van der Waals surface area contributed by atoms with Gasteiger partial charge in [-0.15, -0.1) is 0 Å². The van der Waals surface area contributed by atoms with Crippen LogP contribution in [0.3, 0.4) is 0 Å². The van der Waals surface area contributed by atoms with E-state index in [0.29, 0.717) is 18.2 Å². The Bertz CT molecular complexity index is 1230. The van der Waals surface area contributed by atoms with Gasteiger partial charge in [-0.2, -0.15) is 5.26 Å². The minimum absolute atomic E-state index is 0.147. The van der Waals surface area contributed by atoms with Crippen LogP contribution in [0.5, 0.6) is 5.75 Å². The van der Waals surface area contributed by atoms with E-state index in [0.717, 1.165) is 72.3 Å². The molecule has 35 heavy (non-hydrogen) atoms. The number of hydrogen-bond acceptors (Lipinski definition) is 5. The summed E-state index contributed by atoms with van der Waals surface area (Å²) in [5, 5.41) is 11.1. The minimum atomic E-state index is 0.147. The summed E-state index contributed by atoms with van der Waals surface area (Å²) >= 11 is 0. The van der Waals surface area contributed by atoms with Gasteiger partial charge in [0.1, 0.15) is 18.4 Å². The lowest BCUT2D eigenvalue weighted by Crippen LogP contribution is -2.18. The number of rotatable bonds is 9. The number of ether oxygens (including phenoxy) is 3. The molecule has 6 nitrogen and oxygen atoms in total. The summed E-state index contributed by atoms with van der Waals surface area (Å²) in [6.07, 6.45) is 8.39. The van der Waals surface area contributed by atoms with Crippen molar-refractivity contribution in [2.45, 2.75) is 70.6 Å². The van der Waals surface area contributed by atoms with Crippen molar-refractivity contribution in [2.24, 2.45) is 4.99 Å². The number of aliphatic imine (C=N–C) groups is 1. The Morgan fingerprint density at radius 3 is 2.66 bits per heavy atom. The molecule has 2 heterocycles. The van der Waals surface area contributed by atoms with Crippen molar-refractivity contribution < 1.29 is 14.2 Å². The topological polar surface area (TPSA) is 68.8 Å². The Hall–Kier alpha value is -3.30. The van der Waals surface area contributed by atoms with Gasteiger partial charge in [0.15, 0.2) is 6.40 Å². The molecule has 2 aliphatic rings. The SMILES string of the molecule is CCC(C)OC=Nc1ccc(-c2c(C#N)c3ccc(OCC4CCCO4)cc3n2C2CCC2)cc1. The predicted molar refractivity (Wildman–Crippen MR) is 138 cm³/mol. The van der Waals surface area contributed by atoms with Crippen LogP contribution < -0.4 is 4.74 Å². The van der Waals surface area contributed by atoms with Crippen molar-refractivity contribution in [2.75, 3.05) is 13.2 Å². The Morgan fingerprint density at radius 1 is 1.17 bits per heavy atom. The van der Waals surface area contributed by atoms with Crippen LogP contribution in [0, 0.1) is 11.3 Å². The molecule has 0 amide bonds. The summed E-state index contributed by atoms with van der Waals surface area (Å²) in [6.45, 7) is 5.50. The predicted octanol–water partition coefficient (Wildman–Crippen LogP) is 6.94. The second-order valence-electron chi connectivity index (χ2n) is 9.55. The molecule has 0 bridgehead atoms. The quantitative estimate of drug-likeness (QED) is 0.250. The molecule has 6 heteroatoms. The van der Waals surface area contributed by atoms with Crippen molar-refractivity contribution in [1.82, 2.24) is 4.57 Å². The highest BCUT2D eigenvalue weighted by atomic mass is 16.5. The molecule has 5 rings (SSSR count). The van der Waals surface area contributed by atoms with Gasteiger partial charge in [-0.1, -0.05) is 19.1 Å². The van der Waals surface area contributed by atoms with Crippen LogP contribution in [0.15, 0.2) is 47.5 Å². The second kappa shape index (κ2) is 10.5. The first kappa shape index (κ1) is 23.4. The number of aromatic nitrogens is 1. The van der Waals surface area contributed by atoms with Crippen molar-refractivity contribution >= 4 is 23.0 Å². The normalized spacial score (nSPS) is 19.1. The first-order chi connectivity index (χ1) is 17.2. The van der Waals surface area contributed by atoms with Crippen molar-refractivity contribution in [3.8, 4) is 23.1 Å². The molecular weight excluding hydrogens is 438 g/mol. The third-order valence-corrected chi connectivity index (χ3v) is 7.20. The van der Waals surface area contributed by atoms with Crippen LogP contribution >= 0.6 is 0 Å². The van der Waals surface area contributed by atoms with Gasteiger partial charge < -0.3 is 18.8 Å². The highest BCUT2D eigenvalue weighted by molar-refractivity contribution is 5.95. The first-order valence-corrected chi connectivity index (χ1v) is 12.8. The monoisotopic (exact) mass is 471 g/mol. The first-order valence-electron chi connectivity index (χ1n) is 12.8. The van der Waals surface area contributed by atoms with Crippen molar-refractivity contribution in [3.05, 3.63) is 48.0 Å². The zero-order valence-corrected chi connectivity index (χ0v) is 20.6. The molecule has 0 spiro atoms. The molecule has 1 saturated carbocycles. The molecule has 182 valence electrons. The summed E-state index contributed by atoms with van der Waals surface area (Å²) in [5.74, 6) is 0.827. The van der Waals surface area contributed by atoms with Gasteiger partial charge in [-0.25, -0.2) is 4.99 Å². The van der Waals surface area contributed by atoms with E-state index in [2.05, 4.69) is 40.8 Å². The van der Waals surface area contributed by atoms with E-state index < -0.39 is 0 Å². The van der Waals surface area contributed by atoms with E-state index >= 15 is 0 Å². The zero-order valence-electron chi connectivity index (χ0n) is 20.6. The van der Waals surface area contributed by atoms with E-state index in [9.17, 15) is 5.26 Å². The van der Waals surface area contributed by atoms with Gasteiger partial charge in [0.25, 0.3) is 0 Å². The van der Waals surface area contributed by atoms with Gasteiger partial charge >= 0.3 is 0 Å². The van der Waals surface area contributed by atoms with E-state index in [1.54, 1.807) is 0 Å². The fraction of sp³-hybridized carbons (Fsp3) is 0.448. The minimum Gasteiger partial charge on any atom is -0.491 e. The van der Waals surface area contributed by atoms with Crippen molar-refractivity contribution in [3.63, 3.8) is 0 Å². The van der Waals surface area contributed by atoms with Gasteiger partial charge in [0.2, 0.25) is 0 Å². The van der Waals surface area contributed by atoms with E-state index in [-0.39, 0.29) is 12.2 Å². The molecule has 1 saturated heterocycles. The zero-order chi connectivity index (χ0) is 24.2. The lowest BCUT2D eigenvalue weighted by atomic mass is 9.92. The molecule has 2 unspecified atom stereocenters. The Labute approximate surface area is 207 Å². The number of hydrogen-bond donors (Lipinski definition) is 0. The summed E-state index contributed by atoms with van der Waals surface area (Å²) in [4.78, 5) is 4.42. The lowest BCUT2D eigenvalue weighted by molar-refractivity contribution is 0.0680. The standard InChI is InChI=1S/C29H33N3O3/c1-3-20(2)35-19-31-22-11-9-21(10-12-22)29-27(17-30)26-14-13-24(34-18-25-8-5-15-33-25)16-28(26)32(29)23-6-4-7-23/h9-14,16,19-20,23,25H,3-8,15,18H2,1-2H3. The average Bonchev–Trinajstić information content (AvgIpc) is 3.48. The maximum atomic E-state index is 10.2. The Morgan fingerprint density at radius 2 is 2.00 bits per heavy atom. The van der Waals surface area contributed by atoms with Crippen LogP contribution in [0.4, 0.5) is 5.69 Å². The summed E-state index contributed by atoms with van der Waals surface area (Å²) in [5.41, 5.74) is 4.61. The fourth-order valence-electron chi connectivity index (χ4n) is 4.76. The van der Waals surface area contributed by atoms with Gasteiger partial charge in [0, 0.05) is 24.1 Å². The van der Waals surface area contributed by atoms with Gasteiger partial charge in [0.05, 0.1) is 34.7 Å². The smallest absolute Gasteiger partial charge is 0.174 e. The highest BCUT2D eigenvalue weighted by Crippen LogP contribution is 2.43. The number of nitrogens with zero attached hydrogens (tertiary/aromatic N) is 3. The largest absolute Gasteiger partial charge is 0.491 e. The summed E-state index contributed by atoms with van der Waals surface area (Å²) in [7, 11) is 0. The molecule has 3 aromatic rings. The third-order valence-electron chi connectivity index (χ3n) is 7.20. The molecule has 2 atom stereocenters. The molecule has 2 fully saturated rings. The van der Waals surface area contributed by atoms with Crippen molar-refractivity contribution in [1.29, 1.82) is 5.26 Å². The molecule has 1 aliphatic carbocycles. The number of nitriles is 1. The van der Waals surface area contributed by atoms with Crippen LogP contribution in [0.2, 0.25) is 0 Å². The fourth-order valence-corrected chi connectivity index (χ4v) is 4.76. The van der Waals surface area contributed by atoms with Crippen LogP contribution in [0.1, 0.15) is 64.0 Å². The molecule has 2 aromatic carbocycles. The van der Waals surface area contributed by atoms with E-state index in [1.165, 1.54) is 12.8 Å². The molecule has 1 aromatic heterocycles. The molecule has 0 N–H and O–H groups in total. The third kappa shape index (κ3) is 4.92. The Balaban J connectivity index is 1.48. The number of fused-ring (bicyclic) bond motifs is 1. The van der Waals surface area contributed by atoms with E-state index in [4.69, 9.17) is 14.2 Å². The van der Waals surface area contributed by atoms with E-state index in [1.807, 2.05) is 31.2 Å². The molecule has 0 radical (unpaired) electrons.